The van der Waals surface area contributed by atoms with E-state index in [2.05, 4.69) is 11.0 Å². The molecule has 1 aliphatic carbocycles. The molecule has 2 fully saturated rings. The third-order valence-electron chi connectivity index (χ3n) is 5.28. The predicted molar refractivity (Wildman–Crippen MR) is 70.2 cm³/mol. The average molecular weight is 245 g/mol. The van der Waals surface area contributed by atoms with Crippen molar-refractivity contribution in [1.29, 1.82) is 0 Å². The number of halogens is 1. The Labute approximate surface area is 108 Å². The van der Waals surface area contributed by atoms with Crippen LogP contribution in [0.4, 0.5) is 4.39 Å². The number of nitrogens with zero attached hydrogens (tertiary/aromatic N) is 1. The van der Waals surface area contributed by atoms with Crippen LogP contribution in [0.1, 0.15) is 42.7 Å². The normalized spacial score (nSPS) is 34.8. The van der Waals surface area contributed by atoms with Crippen LogP contribution in [0, 0.1) is 11.7 Å². The summed E-state index contributed by atoms with van der Waals surface area (Å²) in [6.07, 6.45) is 6.39. The lowest BCUT2D eigenvalue weighted by atomic mass is 9.66. The molecule has 3 unspecified atom stereocenters. The maximum atomic E-state index is 13.4. The Morgan fingerprint density at radius 1 is 1.11 bits per heavy atom. The predicted octanol–water partition coefficient (Wildman–Crippen LogP) is 3.34. The van der Waals surface area contributed by atoms with E-state index in [1.165, 1.54) is 49.9 Å². The molecule has 1 nitrogen and oxygen atoms in total. The van der Waals surface area contributed by atoms with E-state index < -0.39 is 0 Å². The fourth-order valence-corrected chi connectivity index (χ4v) is 4.66. The molecule has 0 saturated carbocycles. The molecule has 0 spiro atoms. The monoisotopic (exact) mass is 245 g/mol. The minimum Gasteiger partial charge on any atom is -0.299 e. The molecule has 4 rings (SSSR count). The summed E-state index contributed by atoms with van der Waals surface area (Å²) in [5.74, 6) is 1.39. The first-order valence-electron chi connectivity index (χ1n) is 7.35. The van der Waals surface area contributed by atoms with Crippen LogP contribution < -0.4 is 0 Å². The standard InChI is InChI=1S/C16H20FN/c17-13-5-6-14-12(10-13)9-11-3-1-7-18-8-2-4-15(14)16(11)18/h5-6,10-11,15-16H,1-4,7-9H2. The van der Waals surface area contributed by atoms with E-state index in [-0.39, 0.29) is 5.82 Å². The van der Waals surface area contributed by atoms with Crippen molar-refractivity contribution in [2.75, 3.05) is 13.1 Å². The number of hydrogen-bond acceptors (Lipinski definition) is 1. The first kappa shape index (κ1) is 11.0. The van der Waals surface area contributed by atoms with Gasteiger partial charge in [-0.15, -0.1) is 0 Å². The summed E-state index contributed by atoms with van der Waals surface area (Å²) >= 11 is 0. The second-order valence-electron chi connectivity index (χ2n) is 6.22. The van der Waals surface area contributed by atoms with E-state index in [9.17, 15) is 4.39 Å². The Bertz CT molecular complexity index is 468. The lowest BCUT2D eigenvalue weighted by molar-refractivity contribution is 0.0349. The van der Waals surface area contributed by atoms with Crippen molar-refractivity contribution < 1.29 is 4.39 Å². The van der Waals surface area contributed by atoms with Crippen molar-refractivity contribution in [3.63, 3.8) is 0 Å². The van der Waals surface area contributed by atoms with Crippen LogP contribution in [0.15, 0.2) is 18.2 Å². The Balaban J connectivity index is 1.79. The second-order valence-corrected chi connectivity index (χ2v) is 6.22. The summed E-state index contributed by atoms with van der Waals surface area (Å²) < 4.78 is 13.4. The smallest absolute Gasteiger partial charge is 0.123 e. The zero-order valence-corrected chi connectivity index (χ0v) is 10.7. The van der Waals surface area contributed by atoms with Crippen LogP contribution in [0.5, 0.6) is 0 Å². The summed E-state index contributed by atoms with van der Waals surface area (Å²) in [5.41, 5.74) is 2.74. The molecule has 1 aromatic rings. The van der Waals surface area contributed by atoms with Crippen LogP contribution in [-0.4, -0.2) is 24.0 Å². The van der Waals surface area contributed by atoms with Crippen LogP contribution >= 0.6 is 0 Å². The van der Waals surface area contributed by atoms with E-state index in [1.807, 2.05) is 0 Å². The largest absolute Gasteiger partial charge is 0.299 e. The van der Waals surface area contributed by atoms with Gasteiger partial charge in [0.15, 0.2) is 0 Å². The van der Waals surface area contributed by atoms with E-state index in [0.29, 0.717) is 5.92 Å². The Kier molecular flexibility index (Phi) is 2.47. The van der Waals surface area contributed by atoms with Gasteiger partial charge in [0.25, 0.3) is 0 Å². The number of benzene rings is 1. The topological polar surface area (TPSA) is 3.24 Å². The highest BCUT2D eigenvalue weighted by Gasteiger charge is 2.43. The molecule has 96 valence electrons. The molecule has 18 heavy (non-hydrogen) atoms. The summed E-state index contributed by atoms with van der Waals surface area (Å²) in [4.78, 5) is 2.72. The maximum absolute atomic E-state index is 13.4. The summed E-state index contributed by atoms with van der Waals surface area (Å²) in [7, 11) is 0. The molecule has 0 bridgehead atoms. The van der Waals surface area contributed by atoms with E-state index in [0.717, 1.165) is 18.4 Å². The first-order valence-corrected chi connectivity index (χ1v) is 7.35. The third kappa shape index (κ3) is 1.55. The Morgan fingerprint density at radius 3 is 2.83 bits per heavy atom. The fraction of sp³-hybridized carbons (Fsp3) is 0.625. The summed E-state index contributed by atoms with van der Waals surface area (Å²) in [6, 6.07) is 6.26. The number of rotatable bonds is 0. The highest BCUT2D eigenvalue weighted by molar-refractivity contribution is 5.36. The maximum Gasteiger partial charge on any atom is 0.123 e. The molecule has 3 aliphatic rings. The Hall–Kier alpha value is -0.890. The van der Waals surface area contributed by atoms with Gasteiger partial charge in [0, 0.05) is 12.0 Å². The Morgan fingerprint density at radius 2 is 1.94 bits per heavy atom. The van der Waals surface area contributed by atoms with Gasteiger partial charge in [0.05, 0.1) is 0 Å². The lowest BCUT2D eigenvalue weighted by Crippen LogP contribution is -2.54. The van der Waals surface area contributed by atoms with Crippen molar-refractivity contribution in [2.24, 2.45) is 5.92 Å². The molecule has 0 aromatic heterocycles. The minimum atomic E-state index is -0.0596. The summed E-state index contributed by atoms with van der Waals surface area (Å²) in [5, 5.41) is 0. The van der Waals surface area contributed by atoms with Crippen LogP contribution in [0.25, 0.3) is 0 Å². The number of piperidine rings is 2. The number of fused-ring (bicyclic) bond motifs is 2. The van der Waals surface area contributed by atoms with Gasteiger partial charge < -0.3 is 0 Å². The van der Waals surface area contributed by atoms with Crippen LogP contribution in [0.2, 0.25) is 0 Å². The van der Waals surface area contributed by atoms with Crippen LogP contribution in [-0.2, 0) is 6.42 Å². The van der Waals surface area contributed by atoms with Gasteiger partial charge >= 0.3 is 0 Å². The molecule has 3 atom stereocenters. The van der Waals surface area contributed by atoms with Crippen molar-refractivity contribution in [3.8, 4) is 0 Å². The highest BCUT2D eigenvalue weighted by atomic mass is 19.1. The SMILES string of the molecule is Fc1ccc2c(c1)CC1CCCN3CCCC2C13. The molecule has 0 amide bonds. The molecular formula is C16H20FN. The third-order valence-corrected chi connectivity index (χ3v) is 5.28. The minimum absolute atomic E-state index is 0.0596. The fourth-order valence-electron chi connectivity index (χ4n) is 4.66. The van der Waals surface area contributed by atoms with Gasteiger partial charge in [-0.25, -0.2) is 4.39 Å². The molecule has 2 saturated heterocycles. The van der Waals surface area contributed by atoms with Crippen molar-refractivity contribution in [3.05, 3.63) is 35.1 Å². The lowest BCUT2D eigenvalue weighted by Gasteiger charge is -2.52. The summed E-state index contributed by atoms with van der Waals surface area (Å²) in [6.45, 7) is 2.57. The van der Waals surface area contributed by atoms with Crippen LogP contribution in [0.3, 0.4) is 0 Å². The van der Waals surface area contributed by atoms with Gasteiger partial charge in [-0.1, -0.05) is 6.07 Å². The molecule has 1 aromatic carbocycles. The van der Waals surface area contributed by atoms with Gasteiger partial charge in [-0.2, -0.15) is 0 Å². The van der Waals surface area contributed by atoms with Gasteiger partial charge in [0.2, 0.25) is 0 Å². The quantitative estimate of drug-likeness (QED) is 0.677. The molecular weight excluding hydrogens is 225 g/mol. The zero-order chi connectivity index (χ0) is 12.1. The highest BCUT2D eigenvalue weighted by Crippen LogP contribution is 2.46. The zero-order valence-electron chi connectivity index (χ0n) is 10.7. The second kappa shape index (κ2) is 4.06. The molecule has 2 heteroatoms. The number of hydrogen-bond donors (Lipinski definition) is 0. The van der Waals surface area contributed by atoms with Crippen molar-refractivity contribution >= 4 is 0 Å². The van der Waals surface area contributed by atoms with Gasteiger partial charge in [0.1, 0.15) is 5.82 Å². The van der Waals surface area contributed by atoms with E-state index >= 15 is 0 Å². The molecule has 0 radical (unpaired) electrons. The van der Waals surface area contributed by atoms with Crippen molar-refractivity contribution in [1.82, 2.24) is 4.90 Å². The van der Waals surface area contributed by atoms with E-state index in [4.69, 9.17) is 0 Å². The first-order chi connectivity index (χ1) is 8.83. The molecule has 2 heterocycles. The molecule has 0 N–H and O–H groups in total. The van der Waals surface area contributed by atoms with Gasteiger partial charge in [-0.3, -0.25) is 4.90 Å². The van der Waals surface area contributed by atoms with Gasteiger partial charge in [-0.05, 0) is 74.4 Å². The average Bonchev–Trinajstić information content (AvgIpc) is 2.39. The molecule has 2 aliphatic heterocycles. The van der Waals surface area contributed by atoms with Crippen molar-refractivity contribution in [2.45, 2.75) is 44.1 Å². The van der Waals surface area contributed by atoms with E-state index in [1.54, 1.807) is 12.1 Å².